The highest BCUT2D eigenvalue weighted by molar-refractivity contribution is 5.92. The Hall–Kier alpha value is -2.37. The van der Waals surface area contributed by atoms with E-state index in [2.05, 4.69) is 36.2 Å². The molecule has 1 amide bonds. The first-order valence-corrected chi connectivity index (χ1v) is 8.85. The van der Waals surface area contributed by atoms with E-state index in [4.69, 9.17) is 4.74 Å². The fourth-order valence-corrected chi connectivity index (χ4v) is 2.74. The van der Waals surface area contributed by atoms with Crippen molar-refractivity contribution in [1.29, 1.82) is 0 Å². The molecule has 6 nitrogen and oxygen atoms in total. The van der Waals surface area contributed by atoms with Crippen LogP contribution >= 0.6 is 0 Å². The second-order valence-electron chi connectivity index (χ2n) is 7.39. The van der Waals surface area contributed by atoms with Crippen molar-refractivity contribution in [2.24, 2.45) is 0 Å². The molecule has 1 saturated carbocycles. The van der Waals surface area contributed by atoms with Crippen molar-refractivity contribution >= 4 is 5.91 Å². The van der Waals surface area contributed by atoms with Crippen LogP contribution in [0.5, 0.6) is 5.88 Å². The average molecular weight is 342 g/mol. The highest BCUT2D eigenvalue weighted by Crippen LogP contribution is 2.40. The van der Waals surface area contributed by atoms with Crippen LogP contribution in [0.4, 0.5) is 0 Å². The average Bonchev–Trinajstić information content (AvgIpc) is 3.31. The van der Waals surface area contributed by atoms with E-state index in [-0.39, 0.29) is 11.4 Å². The summed E-state index contributed by atoms with van der Waals surface area (Å²) in [5, 5.41) is 7.66. The summed E-state index contributed by atoms with van der Waals surface area (Å²) in [4.78, 5) is 17.0. The third kappa shape index (κ3) is 4.00. The minimum Gasteiger partial charge on any atom is -0.478 e. The predicted octanol–water partition coefficient (Wildman–Crippen LogP) is 3.24. The number of amides is 1. The lowest BCUT2D eigenvalue weighted by atomic mass is 10.1. The lowest BCUT2D eigenvalue weighted by molar-refractivity contribution is 0.0932. The normalized spacial score (nSPS) is 14.4. The van der Waals surface area contributed by atoms with Gasteiger partial charge in [0.1, 0.15) is 5.69 Å². The predicted molar refractivity (Wildman–Crippen MR) is 95.8 cm³/mol. The van der Waals surface area contributed by atoms with Crippen LogP contribution in [0, 0.1) is 0 Å². The van der Waals surface area contributed by atoms with Crippen LogP contribution in [0.3, 0.4) is 0 Å². The van der Waals surface area contributed by atoms with Gasteiger partial charge in [-0.1, -0.05) is 6.07 Å². The van der Waals surface area contributed by atoms with Gasteiger partial charge in [-0.05, 0) is 52.7 Å². The van der Waals surface area contributed by atoms with Crippen LogP contribution in [-0.4, -0.2) is 27.3 Å². The zero-order chi connectivity index (χ0) is 18.0. The number of aromatic nitrogens is 3. The molecule has 0 radical (unpaired) electrons. The number of nitrogens with zero attached hydrogens (tertiary/aromatic N) is 3. The van der Waals surface area contributed by atoms with E-state index >= 15 is 0 Å². The third-order valence-electron chi connectivity index (χ3n) is 4.16. The Morgan fingerprint density at radius 3 is 2.80 bits per heavy atom. The monoisotopic (exact) mass is 342 g/mol. The van der Waals surface area contributed by atoms with Gasteiger partial charge in [0.25, 0.3) is 5.91 Å². The number of carbonyl (C=O) groups excluding carboxylic acids is 1. The summed E-state index contributed by atoms with van der Waals surface area (Å²) < 4.78 is 7.35. The summed E-state index contributed by atoms with van der Waals surface area (Å²) in [6.45, 7) is 9.00. The van der Waals surface area contributed by atoms with Gasteiger partial charge in [0.05, 0.1) is 17.8 Å². The van der Waals surface area contributed by atoms with Crippen molar-refractivity contribution in [3.8, 4) is 5.88 Å². The van der Waals surface area contributed by atoms with Crippen LogP contribution in [-0.2, 0) is 12.1 Å². The quantitative estimate of drug-likeness (QED) is 0.875. The molecule has 1 aliphatic rings. The van der Waals surface area contributed by atoms with Gasteiger partial charge in [-0.25, -0.2) is 4.98 Å². The molecular weight excluding hydrogens is 316 g/mol. The summed E-state index contributed by atoms with van der Waals surface area (Å²) in [6.07, 6.45) is 4.01. The second kappa shape index (κ2) is 6.86. The molecule has 0 saturated heterocycles. The summed E-state index contributed by atoms with van der Waals surface area (Å²) in [5.74, 6) is 0.951. The first-order chi connectivity index (χ1) is 11.9. The van der Waals surface area contributed by atoms with Gasteiger partial charge in [-0.2, -0.15) is 5.10 Å². The largest absolute Gasteiger partial charge is 0.478 e. The van der Waals surface area contributed by atoms with Crippen molar-refractivity contribution < 1.29 is 9.53 Å². The van der Waals surface area contributed by atoms with Crippen LogP contribution in [0.2, 0.25) is 0 Å². The highest BCUT2D eigenvalue weighted by atomic mass is 16.5. The maximum absolute atomic E-state index is 12.8. The number of rotatable bonds is 6. The van der Waals surface area contributed by atoms with E-state index in [9.17, 15) is 4.79 Å². The Morgan fingerprint density at radius 1 is 1.40 bits per heavy atom. The topological polar surface area (TPSA) is 69.0 Å². The second-order valence-corrected chi connectivity index (χ2v) is 7.39. The maximum Gasteiger partial charge on any atom is 0.269 e. The van der Waals surface area contributed by atoms with Crippen LogP contribution in [0.1, 0.15) is 68.2 Å². The van der Waals surface area contributed by atoms with Crippen molar-refractivity contribution in [3.63, 3.8) is 0 Å². The molecule has 0 aliphatic heterocycles. The molecule has 3 rings (SSSR count). The zero-order valence-corrected chi connectivity index (χ0v) is 15.4. The number of pyridine rings is 1. The van der Waals surface area contributed by atoms with Crippen LogP contribution < -0.4 is 10.1 Å². The number of hydrogen-bond acceptors (Lipinski definition) is 4. The summed E-state index contributed by atoms with van der Waals surface area (Å²) in [7, 11) is 0. The fourth-order valence-electron chi connectivity index (χ4n) is 2.74. The van der Waals surface area contributed by atoms with Gasteiger partial charge in [0.15, 0.2) is 0 Å². The summed E-state index contributed by atoms with van der Waals surface area (Å²) in [6, 6.07) is 5.69. The lowest BCUT2D eigenvalue weighted by Gasteiger charge is -2.22. The molecule has 134 valence electrons. The number of ether oxygens (including phenoxy) is 1. The molecule has 0 unspecified atom stereocenters. The van der Waals surface area contributed by atoms with E-state index in [0.29, 0.717) is 30.6 Å². The molecule has 1 aliphatic carbocycles. The lowest BCUT2D eigenvalue weighted by Crippen LogP contribution is -2.32. The number of nitrogens with one attached hydrogen (secondary N) is 1. The molecule has 25 heavy (non-hydrogen) atoms. The Labute approximate surface area is 148 Å². The fraction of sp³-hybridized carbons (Fsp3) is 0.526. The molecule has 1 fully saturated rings. The Bertz CT molecular complexity index is 757. The van der Waals surface area contributed by atoms with E-state index in [1.165, 1.54) is 0 Å². The van der Waals surface area contributed by atoms with Gasteiger partial charge in [0, 0.05) is 24.2 Å². The van der Waals surface area contributed by atoms with E-state index in [0.717, 1.165) is 24.1 Å². The number of hydrogen-bond donors (Lipinski definition) is 1. The summed E-state index contributed by atoms with van der Waals surface area (Å²) >= 11 is 0. The van der Waals surface area contributed by atoms with Gasteiger partial charge in [-0.3, -0.25) is 9.48 Å². The zero-order valence-electron chi connectivity index (χ0n) is 15.4. The minimum atomic E-state index is -0.245. The standard InChI is InChI=1S/C19H26N4O2/c1-5-25-18-14(7-6-10-20-18)12-21-17(24)16-11-15(13-8-9-13)22-23(16)19(2,3)4/h6-7,10-11,13H,5,8-9,12H2,1-4H3,(H,21,24). The first-order valence-electron chi connectivity index (χ1n) is 8.85. The molecule has 0 aromatic carbocycles. The third-order valence-corrected chi connectivity index (χ3v) is 4.16. The molecule has 0 bridgehead atoms. The Morgan fingerprint density at radius 2 is 2.16 bits per heavy atom. The number of carbonyl (C=O) groups is 1. The van der Waals surface area contributed by atoms with Crippen molar-refractivity contribution in [1.82, 2.24) is 20.1 Å². The highest BCUT2D eigenvalue weighted by Gasteiger charge is 2.31. The molecule has 0 atom stereocenters. The van der Waals surface area contributed by atoms with E-state index < -0.39 is 0 Å². The smallest absolute Gasteiger partial charge is 0.269 e. The Balaban J connectivity index is 1.77. The van der Waals surface area contributed by atoms with Crippen molar-refractivity contribution in [2.75, 3.05) is 6.61 Å². The van der Waals surface area contributed by atoms with E-state index in [1.807, 2.05) is 29.8 Å². The summed E-state index contributed by atoms with van der Waals surface area (Å²) in [5.41, 5.74) is 2.25. The molecule has 0 spiro atoms. The van der Waals surface area contributed by atoms with Crippen molar-refractivity contribution in [3.05, 3.63) is 41.3 Å². The van der Waals surface area contributed by atoms with Gasteiger partial charge < -0.3 is 10.1 Å². The molecule has 2 aromatic heterocycles. The minimum absolute atomic E-state index is 0.124. The molecule has 2 heterocycles. The van der Waals surface area contributed by atoms with Gasteiger partial charge in [0.2, 0.25) is 5.88 Å². The Kier molecular flexibility index (Phi) is 4.79. The van der Waals surface area contributed by atoms with Crippen LogP contribution in [0.15, 0.2) is 24.4 Å². The molecular formula is C19H26N4O2. The van der Waals surface area contributed by atoms with Gasteiger partial charge in [-0.15, -0.1) is 0 Å². The van der Waals surface area contributed by atoms with Gasteiger partial charge >= 0.3 is 0 Å². The SMILES string of the molecule is CCOc1ncccc1CNC(=O)c1cc(C2CC2)nn1C(C)(C)C. The first kappa shape index (κ1) is 17.5. The molecule has 6 heteroatoms. The maximum atomic E-state index is 12.8. The molecule has 2 aromatic rings. The van der Waals surface area contributed by atoms with Crippen LogP contribution in [0.25, 0.3) is 0 Å². The molecule has 1 N–H and O–H groups in total. The van der Waals surface area contributed by atoms with Crippen molar-refractivity contribution in [2.45, 2.75) is 58.5 Å². The van der Waals surface area contributed by atoms with E-state index in [1.54, 1.807) is 6.20 Å².